The monoisotopic (exact) mass is 446 g/mol. The number of hydrogen-bond acceptors (Lipinski definition) is 5. The number of aliphatic hydroxyl groups is 2. The Balaban J connectivity index is 1.42. The zero-order chi connectivity index (χ0) is 23.2. The highest BCUT2D eigenvalue weighted by molar-refractivity contribution is 5.83. The van der Waals surface area contributed by atoms with E-state index in [1.54, 1.807) is 0 Å². The van der Waals surface area contributed by atoms with Gasteiger partial charge in [-0.2, -0.15) is 0 Å². The van der Waals surface area contributed by atoms with Crippen molar-refractivity contribution >= 4 is 11.8 Å². The fraction of sp³-hybridized carbons (Fsp3) is 0.536. The van der Waals surface area contributed by atoms with Crippen LogP contribution in [-0.4, -0.2) is 52.9 Å². The van der Waals surface area contributed by atoms with Crippen LogP contribution in [0.5, 0.6) is 0 Å². The molecule has 2 bridgehead atoms. The normalized spacial score (nSPS) is 43.1. The van der Waals surface area contributed by atoms with Gasteiger partial charge in [0.05, 0.1) is 17.3 Å². The molecule has 2 aliphatic heterocycles. The molecule has 0 radical (unpaired) electrons. The second kappa shape index (κ2) is 6.98. The molecule has 33 heavy (non-hydrogen) atoms. The minimum Gasteiger partial charge on any atom is -0.388 e. The highest BCUT2D eigenvalue weighted by atomic mass is 16.5. The van der Waals surface area contributed by atoms with E-state index in [1.807, 2.05) is 7.05 Å². The Hall–Kier alpha value is -2.05. The molecule has 1 saturated carbocycles. The maximum atomic E-state index is 11.0. The van der Waals surface area contributed by atoms with E-state index in [0.29, 0.717) is 12.3 Å². The van der Waals surface area contributed by atoms with Crippen molar-refractivity contribution < 1.29 is 14.9 Å². The van der Waals surface area contributed by atoms with Crippen molar-refractivity contribution in [1.82, 2.24) is 5.32 Å². The molecule has 1 saturated heterocycles. The fourth-order valence-corrected chi connectivity index (χ4v) is 7.72. The van der Waals surface area contributed by atoms with Crippen LogP contribution in [0.15, 0.2) is 47.6 Å². The van der Waals surface area contributed by atoms with Gasteiger partial charge in [0.2, 0.25) is 0 Å². The third-order valence-electron chi connectivity index (χ3n) is 9.58. The lowest BCUT2D eigenvalue weighted by Crippen LogP contribution is -2.61. The molecule has 3 aliphatic carbocycles. The van der Waals surface area contributed by atoms with Gasteiger partial charge in [0.15, 0.2) is 0 Å². The van der Waals surface area contributed by atoms with Gasteiger partial charge in [0, 0.05) is 23.6 Å². The van der Waals surface area contributed by atoms with Crippen molar-refractivity contribution in [2.75, 3.05) is 7.05 Å². The van der Waals surface area contributed by atoms with E-state index in [1.165, 1.54) is 22.9 Å². The van der Waals surface area contributed by atoms with Crippen LogP contribution in [-0.2, 0) is 4.74 Å². The van der Waals surface area contributed by atoms with E-state index >= 15 is 0 Å². The van der Waals surface area contributed by atoms with Crippen molar-refractivity contribution in [2.24, 2.45) is 11.3 Å². The smallest absolute Gasteiger partial charge is 0.105 e. The van der Waals surface area contributed by atoms with Gasteiger partial charge in [-0.15, -0.1) is 0 Å². The molecule has 1 aromatic rings. The quantitative estimate of drug-likeness (QED) is 0.534. The molecule has 1 aromatic carbocycles. The summed E-state index contributed by atoms with van der Waals surface area (Å²) in [6.45, 7) is 4.43. The molecule has 0 aromatic heterocycles. The summed E-state index contributed by atoms with van der Waals surface area (Å²) in [5.41, 5.74) is 5.86. The average Bonchev–Trinajstić information content (AvgIpc) is 3.32. The summed E-state index contributed by atoms with van der Waals surface area (Å²) in [7, 11) is 1.85. The highest BCUT2D eigenvalue weighted by Gasteiger charge is 2.67. The molecule has 2 spiro atoms. The molecule has 4 N–H and O–H groups in total. The lowest BCUT2D eigenvalue weighted by molar-refractivity contribution is -0.153. The molecule has 7 atom stereocenters. The average molecular weight is 447 g/mol. The minimum atomic E-state index is -0.897. The molecule has 5 nitrogen and oxygen atoms in total. The molecule has 5 heteroatoms. The molecule has 0 unspecified atom stereocenters. The molecule has 0 amide bonds. The number of allylic oxidation sites excluding steroid dienone is 3. The first kappa shape index (κ1) is 21.5. The molecule has 2 heterocycles. The zero-order valence-corrected chi connectivity index (χ0v) is 19.7. The highest BCUT2D eigenvalue weighted by Crippen LogP contribution is 2.67. The van der Waals surface area contributed by atoms with Crippen LogP contribution in [0, 0.1) is 23.7 Å². The topological polar surface area (TPSA) is 85.6 Å². The van der Waals surface area contributed by atoms with Crippen LogP contribution in [0.25, 0.3) is 5.57 Å². The number of likely N-dealkylation sites (N-methyl/N-ethyl adjacent to an activating group) is 1. The predicted octanol–water partition coefficient (Wildman–Crippen LogP) is 3.67. The Kier molecular flexibility index (Phi) is 4.55. The van der Waals surface area contributed by atoms with E-state index in [9.17, 15) is 10.2 Å². The van der Waals surface area contributed by atoms with Crippen molar-refractivity contribution in [3.63, 3.8) is 0 Å². The van der Waals surface area contributed by atoms with Gasteiger partial charge in [-0.1, -0.05) is 37.3 Å². The number of aryl methyl sites for hydroxylation is 1. The van der Waals surface area contributed by atoms with Crippen molar-refractivity contribution in [3.05, 3.63) is 64.3 Å². The molecule has 5 aliphatic rings. The van der Waals surface area contributed by atoms with E-state index in [-0.39, 0.29) is 17.1 Å². The summed E-state index contributed by atoms with van der Waals surface area (Å²) in [6, 6.07) is 6.30. The number of fused-ring (bicyclic) bond motifs is 1. The van der Waals surface area contributed by atoms with E-state index < -0.39 is 17.8 Å². The zero-order valence-electron chi connectivity index (χ0n) is 19.7. The molecule has 174 valence electrons. The summed E-state index contributed by atoms with van der Waals surface area (Å²) < 4.78 is 7.14. The van der Waals surface area contributed by atoms with Crippen LogP contribution >= 0.6 is 0 Å². The van der Waals surface area contributed by atoms with Gasteiger partial charge in [0.1, 0.15) is 6.10 Å². The first-order valence-electron chi connectivity index (χ1n) is 12.3. The lowest BCUT2D eigenvalue weighted by atomic mass is 9.58. The van der Waals surface area contributed by atoms with Crippen molar-refractivity contribution in [2.45, 2.75) is 75.4 Å². The van der Waals surface area contributed by atoms with Crippen LogP contribution in [0.1, 0.15) is 55.7 Å². The molecular formula is C28H34N2O3. The first-order valence-corrected chi connectivity index (χ1v) is 12.3. The van der Waals surface area contributed by atoms with Gasteiger partial charge < -0.3 is 25.7 Å². The molecule has 6 rings (SSSR count). The molecular weight excluding hydrogens is 412 g/mol. The number of rotatable bonds is 3. The van der Waals surface area contributed by atoms with E-state index in [4.69, 9.17) is 10.1 Å². The maximum Gasteiger partial charge on any atom is 0.105 e. The van der Waals surface area contributed by atoms with Gasteiger partial charge >= 0.3 is 0 Å². The summed E-state index contributed by atoms with van der Waals surface area (Å²) in [5, 5.41) is 32.6. The van der Waals surface area contributed by atoms with Gasteiger partial charge in [-0.05, 0) is 85.6 Å². The van der Waals surface area contributed by atoms with Crippen LogP contribution in [0.4, 0.5) is 0 Å². The number of aliphatic hydroxyl groups excluding tert-OH is 2. The number of hydrogen-bond donors (Lipinski definition) is 4. The maximum absolute atomic E-state index is 11.0. The predicted molar refractivity (Wildman–Crippen MR) is 129 cm³/mol. The second-order valence-corrected chi connectivity index (χ2v) is 11.0. The SMILES string of the molecule is CN[C@H]1C[C@@]23CC[C@@]4(O2)C(=CC[C@]2(C)C(c5ccc(C)c(C=N)c5)=CC[C@H]24)C=C3[C@@H](O)[C@@H]1O. The second-order valence-electron chi connectivity index (χ2n) is 11.0. The van der Waals surface area contributed by atoms with Gasteiger partial charge in [-0.3, -0.25) is 0 Å². The Morgan fingerprint density at radius 3 is 2.79 bits per heavy atom. The Morgan fingerprint density at radius 1 is 1.21 bits per heavy atom. The van der Waals surface area contributed by atoms with E-state index in [2.05, 4.69) is 55.6 Å². The minimum absolute atomic E-state index is 0.0376. The Bertz CT molecular complexity index is 1140. The summed E-state index contributed by atoms with van der Waals surface area (Å²) in [6.07, 6.45) is 11.0. The lowest BCUT2D eigenvalue weighted by Gasteiger charge is -2.55. The van der Waals surface area contributed by atoms with Crippen LogP contribution < -0.4 is 5.32 Å². The number of benzene rings is 1. The third kappa shape index (κ3) is 2.65. The number of nitrogens with one attached hydrogen (secondary N) is 2. The van der Waals surface area contributed by atoms with Crippen LogP contribution in [0.3, 0.4) is 0 Å². The van der Waals surface area contributed by atoms with Crippen LogP contribution in [0.2, 0.25) is 0 Å². The number of ether oxygens (including phenoxy) is 1. The van der Waals surface area contributed by atoms with Crippen molar-refractivity contribution in [1.29, 1.82) is 5.41 Å². The summed E-state index contributed by atoms with van der Waals surface area (Å²) >= 11 is 0. The van der Waals surface area contributed by atoms with Crippen molar-refractivity contribution in [3.8, 4) is 0 Å². The molecule has 2 fully saturated rings. The first-order chi connectivity index (χ1) is 15.8. The fourth-order valence-electron chi connectivity index (χ4n) is 7.72. The van der Waals surface area contributed by atoms with Gasteiger partial charge in [0.25, 0.3) is 0 Å². The standard InChI is InChI=1S/C28H34N2O3/c1-16-4-5-17(12-18(16)15-29)20-6-7-23-26(20,2)9-8-19-13-21-24(31)25(32)22(30-3)14-27(21)10-11-28(19,23)33-27/h4-6,8,12-13,15,22-25,29-32H,7,9-11,14H2,1-3H3/t22-,23+,24+,25+,26+,27+,28+/m0/s1. The summed E-state index contributed by atoms with van der Waals surface area (Å²) in [4.78, 5) is 0. The largest absolute Gasteiger partial charge is 0.388 e. The van der Waals surface area contributed by atoms with Gasteiger partial charge in [-0.25, -0.2) is 0 Å². The summed E-state index contributed by atoms with van der Waals surface area (Å²) in [5.74, 6) is 0.332. The third-order valence-corrected chi connectivity index (χ3v) is 9.58. The Labute approximate surface area is 195 Å². The van der Waals surface area contributed by atoms with E-state index in [0.717, 1.165) is 42.4 Å². The Morgan fingerprint density at radius 2 is 2.03 bits per heavy atom.